The summed E-state index contributed by atoms with van der Waals surface area (Å²) in [5.41, 5.74) is 1.47. The van der Waals surface area contributed by atoms with Gasteiger partial charge in [0.15, 0.2) is 5.72 Å². The largest absolute Gasteiger partial charge is 0.461 e. The molecule has 202 valence electrons. The Hall–Kier alpha value is -2.51. The fourth-order valence-electron chi connectivity index (χ4n) is 7.68. The molecule has 4 aliphatic rings. The van der Waals surface area contributed by atoms with Gasteiger partial charge in [-0.05, 0) is 18.8 Å². The van der Waals surface area contributed by atoms with Crippen molar-refractivity contribution in [3.8, 4) is 0 Å². The summed E-state index contributed by atoms with van der Waals surface area (Å²) in [5.74, 6) is -0.279. The lowest BCUT2D eigenvalue weighted by Gasteiger charge is -2.52. The number of benzene rings is 2. The molecule has 2 aromatic rings. The summed E-state index contributed by atoms with van der Waals surface area (Å²) in [6.07, 6.45) is 4.33. The second-order valence-electron chi connectivity index (χ2n) is 12.0. The molecule has 6 heteroatoms. The van der Waals surface area contributed by atoms with Crippen LogP contribution in [0.3, 0.4) is 0 Å². The third-order valence-electron chi connectivity index (χ3n) is 10.2. The molecule has 2 heterocycles. The van der Waals surface area contributed by atoms with E-state index in [4.69, 9.17) is 4.74 Å². The first-order chi connectivity index (χ1) is 18.3. The number of rotatable bonds is 5. The van der Waals surface area contributed by atoms with E-state index in [0.717, 1.165) is 43.5 Å². The van der Waals surface area contributed by atoms with E-state index in [-0.39, 0.29) is 29.3 Å². The van der Waals surface area contributed by atoms with Gasteiger partial charge in [-0.25, -0.2) is 0 Å². The molecule has 0 bridgehead atoms. The monoisotopic (exact) mass is 516 g/mol. The van der Waals surface area contributed by atoms with Gasteiger partial charge < -0.3 is 14.9 Å². The Balaban J connectivity index is 1.18. The molecular formula is C32H40N2O4. The van der Waals surface area contributed by atoms with Crippen molar-refractivity contribution < 1.29 is 19.7 Å². The number of hydrogen-bond donors (Lipinski definition) is 2. The number of carbonyl (C=O) groups excluding carboxylic acids is 1. The van der Waals surface area contributed by atoms with Crippen molar-refractivity contribution in [1.82, 2.24) is 9.80 Å². The first-order valence-corrected chi connectivity index (χ1v) is 14.2. The van der Waals surface area contributed by atoms with E-state index in [1.807, 2.05) is 60.7 Å². The lowest BCUT2D eigenvalue weighted by atomic mass is 9.55. The second-order valence-corrected chi connectivity index (χ2v) is 12.0. The Labute approximate surface area is 225 Å². The molecule has 2 aromatic carbocycles. The Bertz CT molecular complexity index is 1140. The number of carbonyl (C=O) groups is 1. The van der Waals surface area contributed by atoms with Gasteiger partial charge in [-0.1, -0.05) is 86.2 Å². The zero-order chi connectivity index (χ0) is 26.5. The van der Waals surface area contributed by atoms with E-state index < -0.39 is 11.8 Å². The first-order valence-electron chi connectivity index (χ1n) is 14.2. The highest BCUT2D eigenvalue weighted by Gasteiger charge is 2.60. The number of esters is 1. The molecule has 0 spiro atoms. The van der Waals surface area contributed by atoms with Gasteiger partial charge in [-0.3, -0.25) is 14.6 Å². The number of allylic oxidation sites excluding steroid dienone is 1. The van der Waals surface area contributed by atoms with Gasteiger partial charge in [0, 0.05) is 61.6 Å². The molecule has 6 nitrogen and oxygen atoms in total. The summed E-state index contributed by atoms with van der Waals surface area (Å²) in [7, 11) is 0. The standard InChI is InChI=1S/C32H40N2O4/c1-22-10-9-15-25-20-27-28(29(35)31(22,25)2)26(30(36)38-27)21-33-16-18-34(19-17-33)32(37,23-11-5-3-6-12-23)24-13-7-4-8-14-24/h3-8,11-15,22,26-29,35,37H,9-10,16-21H2,1-2H3/t22-,26+,27-,28-,29-,31-/m1/s1. The van der Waals surface area contributed by atoms with Crippen molar-refractivity contribution in [2.45, 2.75) is 51.0 Å². The highest BCUT2D eigenvalue weighted by atomic mass is 16.6. The van der Waals surface area contributed by atoms with Crippen LogP contribution >= 0.6 is 0 Å². The second kappa shape index (κ2) is 9.91. The van der Waals surface area contributed by atoms with E-state index in [2.05, 4.69) is 29.7 Å². The fraction of sp³-hybridized carbons (Fsp3) is 0.531. The molecule has 6 atom stereocenters. The maximum absolute atomic E-state index is 13.1. The van der Waals surface area contributed by atoms with Crippen LogP contribution in [0.4, 0.5) is 0 Å². The lowest BCUT2D eigenvalue weighted by Crippen LogP contribution is -2.58. The predicted octanol–water partition coefficient (Wildman–Crippen LogP) is 3.78. The SMILES string of the molecule is C[C@@H]1CCC=C2C[C@H]3OC(=O)[C@@H](CN4CCN(C(O)(c5ccccc5)c5ccccc5)CC4)[C@H]3[C@@H](O)[C@@]21C. The molecule has 0 amide bonds. The van der Waals surface area contributed by atoms with E-state index >= 15 is 0 Å². The first kappa shape index (κ1) is 25.8. The van der Waals surface area contributed by atoms with Crippen LogP contribution in [0.2, 0.25) is 0 Å². The number of hydrogen-bond acceptors (Lipinski definition) is 6. The van der Waals surface area contributed by atoms with Gasteiger partial charge in [0.25, 0.3) is 0 Å². The zero-order valence-electron chi connectivity index (χ0n) is 22.5. The van der Waals surface area contributed by atoms with Gasteiger partial charge in [0.05, 0.1) is 12.0 Å². The van der Waals surface area contributed by atoms with E-state index in [0.29, 0.717) is 25.6 Å². The van der Waals surface area contributed by atoms with Crippen LogP contribution in [-0.4, -0.2) is 70.9 Å². The maximum Gasteiger partial charge on any atom is 0.311 e. The lowest BCUT2D eigenvalue weighted by molar-refractivity contribution is -0.145. The van der Waals surface area contributed by atoms with Gasteiger partial charge in [-0.15, -0.1) is 0 Å². The number of aliphatic hydroxyl groups excluding tert-OH is 1. The van der Waals surface area contributed by atoms with Crippen molar-refractivity contribution in [2.75, 3.05) is 32.7 Å². The van der Waals surface area contributed by atoms with Crippen LogP contribution in [0.25, 0.3) is 0 Å². The van der Waals surface area contributed by atoms with Crippen molar-refractivity contribution in [3.05, 3.63) is 83.4 Å². The number of nitrogens with zero attached hydrogens (tertiary/aromatic N) is 2. The smallest absolute Gasteiger partial charge is 0.311 e. The summed E-state index contributed by atoms with van der Waals surface area (Å²) in [5, 5.41) is 23.8. The van der Waals surface area contributed by atoms with Crippen LogP contribution in [0.15, 0.2) is 72.3 Å². The molecular weight excluding hydrogens is 476 g/mol. The Kier molecular flexibility index (Phi) is 6.71. The molecule has 38 heavy (non-hydrogen) atoms. The van der Waals surface area contributed by atoms with E-state index in [1.165, 1.54) is 5.57 Å². The Morgan fingerprint density at radius 1 is 1.00 bits per heavy atom. The Morgan fingerprint density at radius 3 is 2.21 bits per heavy atom. The third kappa shape index (κ3) is 4.04. The molecule has 2 N–H and O–H groups in total. The van der Waals surface area contributed by atoms with Crippen LogP contribution in [-0.2, 0) is 15.3 Å². The quantitative estimate of drug-likeness (QED) is 0.466. The van der Waals surface area contributed by atoms with Crippen molar-refractivity contribution in [2.24, 2.45) is 23.2 Å². The van der Waals surface area contributed by atoms with Crippen LogP contribution in [0, 0.1) is 23.2 Å². The van der Waals surface area contributed by atoms with Gasteiger partial charge in [0.1, 0.15) is 6.10 Å². The summed E-state index contributed by atoms with van der Waals surface area (Å²) in [6.45, 7) is 7.82. The van der Waals surface area contributed by atoms with Crippen LogP contribution in [0.5, 0.6) is 0 Å². The highest BCUT2D eigenvalue weighted by Crippen LogP contribution is 2.56. The van der Waals surface area contributed by atoms with Gasteiger partial charge in [0.2, 0.25) is 0 Å². The number of aliphatic hydroxyl groups is 2. The zero-order valence-corrected chi connectivity index (χ0v) is 22.5. The van der Waals surface area contributed by atoms with E-state index in [9.17, 15) is 15.0 Å². The molecule has 6 rings (SSSR count). The molecule has 2 saturated heterocycles. The molecule has 3 fully saturated rings. The van der Waals surface area contributed by atoms with Crippen LogP contribution in [0.1, 0.15) is 44.2 Å². The molecule has 0 radical (unpaired) electrons. The average Bonchev–Trinajstić information content (AvgIpc) is 3.26. The normalized spacial score (nSPS) is 34.3. The molecule has 0 unspecified atom stereocenters. The summed E-state index contributed by atoms with van der Waals surface area (Å²) < 4.78 is 5.89. The van der Waals surface area contributed by atoms with Gasteiger partial charge in [-0.2, -0.15) is 0 Å². The predicted molar refractivity (Wildman–Crippen MR) is 146 cm³/mol. The maximum atomic E-state index is 13.1. The summed E-state index contributed by atoms with van der Waals surface area (Å²) >= 11 is 0. The summed E-state index contributed by atoms with van der Waals surface area (Å²) in [6, 6.07) is 19.7. The molecule has 0 aromatic heterocycles. The molecule has 1 saturated carbocycles. The number of ether oxygens (including phenoxy) is 1. The minimum Gasteiger partial charge on any atom is -0.461 e. The average molecular weight is 517 g/mol. The molecule has 2 aliphatic heterocycles. The Morgan fingerprint density at radius 2 is 1.61 bits per heavy atom. The van der Waals surface area contributed by atoms with Gasteiger partial charge >= 0.3 is 5.97 Å². The summed E-state index contributed by atoms with van der Waals surface area (Å²) in [4.78, 5) is 17.6. The minimum absolute atomic E-state index is 0.165. The fourth-order valence-corrected chi connectivity index (χ4v) is 7.68. The molecule has 2 aliphatic carbocycles. The van der Waals surface area contributed by atoms with Crippen molar-refractivity contribution >= 4 is 5.97 Å². The topological polar surface area (TPSA) is 73.2 Å². The number of fused-ring (bicyclic) bond motifs is 2. The van der Waals surface area contributed by atoms with Crippen LogP contribution < -0.4 is 0 Å². The van der Waals surface area contributed by atoms with Crippen molar-refractivity contribution in [3.63, 3.8) is 0 Å². The third-order valence-corrected chi connectivity index (χ3v) is 10.2. The van der Waals surface area contributed by atoms with Crippen molar-refractivity contribution in [1.29, 1.82) is 0 Å². The van der Waals surface area contributed by atoms with E-state index in [1.54, 1.807) is 0 Å². The number of piperazine rings is 1. The highest BCUT2D eigenvalue weighted by molar-refractivity contribution is 5.76. The minimum atomic E-state index is -1.22.